The first kappa shape index (κ1) is 20.7. The number of carbonyl (C=O) groups excluding carboxylic acids is 3. The lowest BCUT2D eigenvalue weighted by molar-refractivity contribution is -0.123. The number of rotatable bonds is 8. The van der Waals surface area contributed by atoms with E-state index in [0.717, 1.165) is 6.42 Å². The normalized spacial score (nSPS) is 14.0. The molecule has 1 aliphatic rings. The van der Waals surface area contributed by atoms with E-state index >= 15 is 0 Å². The zero-order valence-electron chi connectivity index (χ0n) is 16.4. The Hall–Kier alpha value is -2.61. The maximum atomic E-state index is 12.2. The van der Waals surface area contributed by atoms with E-state index in [1.807, 2.05) is 13.8 Å². The number of carbonyl (C=O) groups is 3. The number of benzene rings is 1. The summed E-state index contributed by atoms with van der Waals surface area (Å²) in [5.41, 5.74) is 1.28. The third-order valence-electron chi connectivity index (χ3n) is 4.10. The molecule has 148 valence electrons. The molecule has 8 nitrogen and oxygen atoms in total. The molecule has 2 N–H and O–H groups in total. The van der Waals surface area contributed by atoms with Gasteiger partial charge >= 0.3 is 0 Å². The van der Waals surface area contributed by atoms with Crippen molar-refractivity contribution in [2.75, 3.05) is 44.0 Å². The van der Waals surface area contributed by atoms with Crippen LogP contribution in [0.2, 0.25) is 0 Å². The molecule has 1 aromatic carbocycles. The maximum absolute atomic E-state index is 12.2. The zero-order chi connectivity index (χ0) is 20.0. The number of hydrogen-bond donors (Lipinski definition) is 2. The third-order valence-corrected chi connectivity index (χ3v) is 4.10. The van der Waals surface area contributed by atoms with Crippen LogP contribution in [0.4, 0.5) is 11.4 Å². The Bertz CT molecular complexity index is 705. The van der Waals surface area contributed by atoms with Crippen molar-refractivity contribution < 1.29 is 19.1 Å². The molecule has 3 amide bonds. The van der Waals surface area contributed by atoms with Crippen LogP contribution in [0.3, 0.4) is 0 Å². The zero-order valence-corrected chi connectivity index (χ0v) is 16.4. The smallest absolute Gasteiger partial charge is 0.238 e. The lowest BCUT2D eigenvalue weighted by Crippen LogP contribution is -2.41. The van der Waals surface area contributed by atoms with Crippen molar-refractivity contribution in [3.63, 3.8) is 0 Å². The fourth-order valence-electron chi connectivity index (χ4n) is 3.00. The third kappa shape index (κ3) is 5.96. The molecule has 1 heterocycles. The van der Waals surface area contributed by atoms with E-state index in [1.54, 1.807) is 35.0 Å². The van der Waals surface area contributed by atoms with Gasteiger partial charge in [0, 0.05) is 30.8 Å². The van der Waals surface area contributed by atoms with E-state index in [-0.39, 0.29) is 36.9 Å². The van der Waals surface area contributed by atoms with Gasteiger partial charge in [-0.1, -0.05) is 0 Å². The van der Waals surface area contributed by atoms with Crippen LogP contribution in [-0.4, -0.2) is 62.5 Å². The van der Waals surface area contributed by atoms with Gasteiger partial charge in [0.15, 0.2) is 0 Å². The molecule has 0 radical (unpaired) electrons. The van der Waals surface area contributed by atoms with Crippen LogP contribution in [0.25, 0.3) is 0 Å². The molecule has 0 atom stereocenters. The van der Waals surface area contributed by atoms with E-state index in [4.69, 9.17) is 4.74 Å². The Kier molecular flexibility index (Phi) is 7.18. The number of ether oxygens (including phenoxy) is 1. The highest BCUT2D eigenvalue weighted by Gasteiger charge is 2.24. The van der Waals surface area contributed by atoms with Crippen LogP contribution in [0.5, 0.6) is 5.75 Å². The summed E-state index contributed by atoms with van der Waals surface area (Å²) in [6, 6.07) is 5.28. The predicted octanol–water partition coefficient (Wildman–Crippen LogP) is 1.22. The van der Waals surface area contributed by atoms with Crippen molar-refractivity contribution in [1.82, 2.24) is 10.2 Å². The summed E-state index contributed by atoms with van der Waals surface area (Å²) in [6.45, 7) is 4.67. The SMILES string of the molecule is COc1cc(NC(=O)CN(C)CC(=O)NC(C)C)ccc1N1CCCC1=O. The standard InChI is InChI=1S/C19H28N4O4/c1-13(2)20-17(24)11-22(3)12-18(25)21-14-7-8-15(16(10-14)27-4)23-9-5-6-19(23)26/h7-8,10,13H,5-6,9,11-12H2,1-4H3,(H,20,24)(H,21,25). The molecule has 0 spiro atoms. The van der Waals surface area contributed by atoms with Crippen LogP contribution in [-0.2, 0) is 14.4 Å². The molecule has 0 aromatic heterocycles. The average Bonchev–Trinajstić information content (AvgIpc) is 2.99. The molecular weight excluding hydrogens is 348 g/mol. The first-order valence-electron chi connectivity index (χ1n) is 9.06. The summed E-state index contributed by atoms with van der Waals surface area (Å²) >= 11 is 0. The number of likely N-dealkylation sites (N-methyl/N-ethyl adjacent to an activating group) is 1. The van der Waals surface area contributed by atoms with E-state index in [2.05, 4.69) is 10.6 Å². The van der Waals surface area contributed by atoms with Gasteiger partial charge in [-0.05, 0) is 39.4 Å². The van der Waals surface area contributed by atoms with Crippen LogP contribution < -0.4 is 20.3 Å². The molecular formula is C19H28N4O4. The van der Waals surface area contributed by atoms with Gasteiger partial charge in [0.25, 0.3) is 0 Å². The summed E-state index contributed by atoms with van der Waals surface area (Å²) in [6.07, 6.45) is 1.37. The predicted molar refractivity (Wildman–Crippen MR) is 104 cm³/mol. The van der Waals surface area contributed by atoms with Gasteiger partial charge in [0.1, 0.15) is 5.75 Å². The highest BCUT2D eigenvalue weighted by atomic mass is 16.5. The second-order valence-electron chi connectivity index (χ2n) is 6.98. The number of nitrogens with one attached hydrogen (secondary N) is 2. The van der Waals surface area contributed by atoms with Crippen molar-refractivity contribution in [2.45, 2.75) is 32.7 Å². The Balaban J connectivity index is 1.95. The van der Waals surface area contributed by atoms with Crippen LogP contribution in [0.1, 0.15) is 26.7 Å². The Morgan fingerprint density at radius 1 is 1.26 bits per heavy atom. The molecule has 0 aliphatic carbocycles. The van der Waals surface area contributed by atoms with E-state index in [9.17, 15) is 14.4 Å². The second kappa shape index (κ2) is 9.36. The van der Waals surface area contributed by atoms with Gasteiger partial charge in [-0.15, -0.1) is 0 Å². The summed E-state index contributed by atoms with van der Waals surface area (Å²) in [7, 11) is 3.24. The lowest BCUT2D eigenvalue weighted by atomic mass is 10.2. The number of anilines is 2. The van der Waals surface area contributed by atoms with Gasteiger partial charge in [-0.3, -0.25) is 19.3 Å². The van der Waals surface area contributed by atoms with Gasteiger partial charge in [-0.2, -0.15) is 0 Å². The van der Waals surface area contributed by atoms with Gasteiger partial charge < -0.3 is 20.3 Å². The van der Waals surface area contributed by atoms with Gasteiger partial charge in [0.05, 0.1) is 25.9 Å². The molecule has 1 aromatic rings. The minimum absolute atomic E-state index is 0.0631. The first-order valence-corrected chi connectivity index (χ1v) is 9.06. The highest BCUT2D eigenvalue weighted by Crippen LogP contribution is 2.33. The summed E-state index contributed by atoms with van der Waals surface area (Å²) in [5.74, 6) is 0.252. The minimum atomic E-state index is -0.234. The quantitative estimate of drug-likeness (QED) is 0.712. The molecule has 1 aliphatic heterocycles. The average molecular weight is 376 g/mol. The summed E-state index contributed by atoms with van der Waals surface area (Å²) in [5, 5.41) is 5.58. The molecule has 0 saturated carbocycles. The van der Waals surface area contributed by atoms with Gasteiger partial charge in [0.2, 0.25) is 17.7 Å². The van der Waals surface area contributed by atoms with Crippen molar-refractivity contribution in [3.05, 3.63) is 18.2 Å². The summed E-state index contributed by atoms with van der Waals surface area (Å²) < 4.78 is 5.39. The van der Waals surface area contributed by atoms with Crippen LogP contribution >= 0.6 is 0 Å². The van der Waals surface area contributed by atoms with E-state index in [0.29, 0.717) is 30.1 Å². The molecule has 0 bridgehead atoms. The Labute approximate surface area is 159 Å². The molecule has 0 unspecified atom stereocenters. The van der Waals surface area contributed by atoms with Crippen molar-refractivity contribution >= 4 is 29.1 Å². The van der Waals surface area contributed by atoms with Crippen molar-refractivity contribution in [2.24, 2.45) is 0 Å². The second-order valence-corrected chi connectivity index (χ2v) is 6.98. The number of hydrogen-bond acceptors (Lipinski definition) is 5. The van der Waals surface area contributed by atoms with Crippen molar-refractivity contribution in [3.8, 4) is 5.75 Å². The number of nitrogens with zero attached hydrogens (tertiary/aromatic N) is 2. The largest absolute Gasteiger partial charge is 0.494 e. The minimum Gasteiger partial charge on any atom is -0.494 e. The molecule has 8 heteroatoms. The highest BCUT2D eigenvalue weighted by molar-refractivity contribution is 5.98. The number of methoxy groups -OCH3 is 1. The first-order chi connectivity index (χ1) is 12.8. The molecule has 1 fully saturated rings. The Morgan fingerprint density at radius 3 is 2.56 bits per heavy atom. The fraction of sp³-hybridized carbons (Fsp3) is 0.526. The van der Waals surface area contributed by atoms with Crippen LogP contribution in [0, 0.1) is 0 Å². The van der Waals surface area contributed by atoms with E-state index in [1.165, 1.54) is 7.11 Å². The molecule has 1 saturated heterocycles. The summed E-state index contributed by atoms with van der Waals surface area (Å²) in [4.78, 5) is 39.3. The van der Waals surface area contributed by atoms with Crippen molar-refractivity contribution in [1.29, 1.82) is 0 Å². The maximum Gasteiger partial charge on any atom is 0.238 e. The topological polar surface area (TPSA) is 91.0 Å². The Morgan fingerprint density at radius 2 is 1.96 bits per heavy atom. The van der Waals surface area contributed by atoms with Gasteiger partial charge in [-0.25, -0.2) is 0 Å². The molecule has 27 heavy (non-hydrogen) atoms. The fourth-order valence-corrected chi connectivity index (χ4v) is 3.00. The monoisotopic (exact) mass is 376 g/mol. The lowest BCUT2D eigenvalue weighted by Gasteiger charge is -2.20. The number of amides is 3. The van der Waals surface area contributed by atoms with Crippen LogP contribution in [0.15, 0.2) is 18.2 Å². The van der Waals surface area contributed by atoms with E-state index < -0.39 is 0 Å². The molecule has 2 rings (SSSR count).